The number of carboxylic acids is 2. The van der Waals surface area contributed by atoms with Gasteiger partial charge in [0.15, 0.2) is 5.56 Å². The van der Waals surface area contributed by atoms with Gasteiger partial charge in [-0.3, -0.25) is 10.1 Å². The summed E-state index contributed by atoms with van der Waals surface area (Å²) in [7, 11) is 0. The molecule has 2 rings (SSSR count). The van der Waals surface area contributed by atoms with E-state index in [4.69, 9.17) is 21.7 Å². The maximum Gasteiger partial charge on any atom is 0.343 e. The smallest absolute Gasteiger partial charge is 0.343 e. The molecule has 1 saturated carbocycles. The Labute approximate surface area is 146 Å². The molecule has 1 aromatic rings. The molecule has 1 aliphatic carbocycles. The zero-order valence-electron chi connectivity index (χ0n) is 12.0. The molecule has 23 heavy (non-hydrogen) atoms. The monoisotopic (exact) mass is 506 g/mol. The second-order valence-electron chi connectivity index (χ2n) is 4.83. The molecular weight excluding hydrogens is 489 g/mol. The Morgan fingerprint density at radius 2 is 1.65 bits per heavy atom. The van der Waals surface area contributed by atoms with E-state index in [2.05, 4.69) is 0 Å². The number of carbonyl (C=O) groups is 2. The van der Waals surface area contributed by atoms with Crippen LogP contribution in [0.5, 0.6) is 0 Å². The molecule has 2 unspecified atom stereocenters. The SMILES string of the molecule is NC1CCCC1N.O=C(O)c1cccc([N+](=O)[O-])c1C(=O)O.[Pt]. The quantitative estimate of drug-likeness (QED) is 0.345. The van der Waals surface area contributed by atoms with Crippen molar-refractivity contribution in [2.45, 2.75) is 31.3 Å². The zero-order valence-corrected chi connectivity index (χ0v) is 14.2. The first kappa shape index (κ1) is 21.2. The fourth-order valence-electron chi connectivity index (χ4n) is 2.11. The Bertz CT molecular complexity index is 555. The van der Waals surface area contributed by atoms with Gasteiger partial charge in [0.25, 0.3) is 5.69 Å². The summed E-state index contributed by atoms with van der Waals surface area (Å²) < 4.78 is 0. The van der Waals surface area contributed by atoms with Crippen LogP contribution in [0.3, 0.4) is 0 Å². The van der Waals surface area contributed by atoms with Crippen LogP contribution in [0.15, 0.2) is 18.2 Å². The maximum atomic E-state index is 10.7. The minimum absolute atomic E-state index is 0. The van der Waals surface area contributed by atoms with Gasteiger partial charge >= 0.3 is 11.9 Å². The minimum atomic E-state index is -1.64. The molecule has 0 aliphatic heterocycles. The van der Waals surface area contributed by atoms with Crippen LogP contribution >= 0.6 is 0 Å². The third-order valence-electron chi connectivity index (χ3n) is 3.31. The summed E-state index contributed by atoms with van der Waals surface area (Å²) in [5, 5.41) is 27.8. The van der Waals surface area contributed by atoms with E-state index in [-0.39, 0.29) is 21.1 Å². The third-order valence-corrected chi connectivity index (χ3v) is 3.31. The van der Waals surface area contributed by atoms with Crippen molar-refractivity contribution in [2.24, 2.45) is 11.5 Å². The molecule has 0 bridgehead atoms. The molecule has 1 fully saturated rings. The van der Waals surface area contributed by atoms with E-state index < -0.39 is 33.7 Å². The van der Waals surface area contributed by atoms with Crippen LogP contribution in [-0.4, -0.2) is 39.2 Å². The molecule has 9 nitrogen and oxygen atoms in total. The fourth-order valence-corrected chi connectivity index (χ4v) is 2.11. The van der Waals surface area contributed by atoms with Gasteiger partial charge in [0.05, 0.1) is 10.5 Å². The summed E-state index contributed by atoms with van der Waals surface area (Å²) in [5.74, 6) is -3.16. The molecule has 6 N–H and O–H groups in total. The first-order valence-corrected chi connectivity index (χ1v) is 6.50. The van der Waals surface area contributed by atoms with Crippen LogP contribution in [0.2, 0.25) is 0 Å². The second-order valence-corrected chi connectivity index (χ2v) is 4.83. The van der Waals surface area contributed by atoms with Gasteiger partial charge in [0, 0.05) is 39.2 Å². The largest absolute Gasteiger partial charge is 0.478 e. The van der Waals surface area contributed by atoms with Crippen LogP contribution in [0.1, 0.15) is 40.0 Å². The number of nitro benzene ring substituents is 1. The Kier molecular flexibility index (Phi) is 8.60. The number of benzene rings is 1. The predicted molar refractivity (Wildman–Crippen MR) is 76.8 cm³/mol. The first-order valence-electron chi connectivity index (χ1n) is 6.50. The molecule has 2 atom stereocenters. The second kappa shape index (κ2) is 9.34. The minimum Gasteiger partial charge on any atom is -0.478 e. The predicted octanol–water partition coefficient (Wildman–Crippen LogP) is 0.814. The summed E-state index contributed by atoms with van der Waals surface area (Å²) in [4.78, 5) is 30.8. The molecule has 0 saturated heterocycles. The standard InChI is InChI=1S/C8H5NO6.C5H12N2.Pt/c10-7(11)4-2-1-3-5(9(14)15)6(4)8(12)13;6-4-2-1-3-5(4)7;/h1-3H,(H,10,11)(H,12,13);4-5H,1-3,6-7H2;. The van der Waals surface area contributed by atoms with E-state index in [1.54, 1.807) is 0 Å². The number of nitro groups is 1. The molecule has 1 aromatic carbocycles. The van der Waals surface area contributed by atoms with Crippen LogP contribution in [0, 0.1) is 10.1 Å². The maximum absolute atomic E-state index is 10.7. The van der Waals surface area contributed by atoms with E-state index in [0.717, 1.165) is 31.0 Å². The van der Waals surface area contributed by atoms with Gasteiger partial charge in [-0.15, -0.1) is 0 Å². The van der Waals surface area contributed by atoms with Gasteiger partial charge in [-0.1, -0.05) is 12.5 Å². The average Bonchev–Trinajstić information content (AvgIpc) is 2.82. The van der Waals surface area contributed by atoms with Gasteiger partial charge in [-0.05, 0) is 18.9 Å². The first-order chi connectivity index (χ1) is 10.3. The van der Waals surface area contributed by atoms with Crippen molar-refractivity contribution in [1.29, 1.82) is 0 Å². The summed E-state index contributed by atoms with van der Waals surface area (Å²) in [6, 6.07) is 3.64. The van der Waals surface area contributed by atoms with Crippen LogP contribution < -0.4 is 11.5 Å². The number of hydrogen-bond donors (Lipinski definition) is 4. The van der Waals surface area contributed by atoms with Crippen molar-refractivity contribution < 1.29 is 45.8 Å². The van der Waals surface area contributed by atoms with Crippen molar-refractivity contribution in [3.05, 3.63) is 39.4 Å². The van der Waals surface area contributed by atoms with E-state index in [0.29, 0.717) is 12.1 Å². The number of rotatable bonds is 3. The van der Waals surface area contributed by atoms with Gasteiger partial charge < -0.3 is 21.7 Å². The van der Waals surface area contributed by atoms with Gasteiger partial charge in [0.2, 0.25) is 0 Å². The van der Waals surface area contributed by atoms with Gasteiger partial charge in [-0.25, -0.2) is 9.59 Å². The molecule has 0 aromatic heterocycles. The van der Waals surface area contributed by atoms with Crippen LogP contribution in [-0.2, 0) is 21.1 Å². The number of hydrogen-bond acceptors (Lipinski definition) is 6. The Hall–Kier alpha value is -1.83. The van der Waals surface area contributed by atoms with Crippen molar-refractivity contribution in [3.63, 3.8) is 0 Å². The fraction of sp³-hybridized carbons (Fsp3) is 0.385. The number of aromatic carboxylic acids is 2. The molecule has 10 heteroatoms. The average molecular weight is 506 g/mol. The van der Waals surface area contributed by atoms with Crippen molar-refractivity contribution in [3.8, 4) is 0 Å². The molecule has 0 radical (unpaired) electrons. The molecule has 0 amide bonds. The van der Waals surface area contributed by atoms with Crippen molar-refractivity contribution in [2.75, 3.05) is 0 Å². The third kappa shape index (κ3) is 5.70. The van der Waals surface area contributed by atoms with E-state index in [9.17, 15) is 19.7 Å². The van der Waals surface area contributed by atoms with Crippen molar-refractivity contribution >= 4 is 17.6 Å². The molecule has 0 spiro atoms. The van der Waals surface area contributed by atoms with Crippen molar-refractivity contribution in [1.82, 2.24) is 0 Å². The normalized spacial score (nSPS) is 19.0. The van der Waals surface area contributed by atoms with Gasteiger partial charge in [0.1, 0.15) is 0 Å². The van der Waals surface area contributed by atoms with Crippen LogP contribution in [0.25, 0.3) is 0 Å². The van der Waals surface area contributed by atoms with Gasteiger partial charge in [-0.2, -0.15) is 0 Å². The van der Waals surface area contributed by atoms with Crippen LogP contribution in [0.4, 0.5) is 5.69 Å². The summed E-state index contributed by atoms with van der Waals surface area (Å²) in [6.45, 7) is 0. The Balaban J connectivity index is 0.000000509. The topological polar surface area (TPSA) is 170 Å². The van der Waals surface area contributed by atoms with E-state index >= 15 is 0 Å². The summed E-state index contributed by atoms with van der Waals surface area (Å²) >= 11 is 0. The number of carboxylic acid groups (broad SMARTS) is 2. The number of nitrogens with zero attached hydrogens (tertiary/aromatic N) is 1. The number of nitrogens with two attached hydrogens (primary N) is 2. The molecular formula is C13H17N3O6Pt. The molecule has 1 aliphatic rings. The zero-order chi connectivity index (χ0) is 16.9. The molecule has 0 heterocycles. The summed E-state index contributed by atoms with van der Waals surface area (Å²) in [5.41, 5.74) is 8.96. The molecule has 130 valence electrons. The van der Waals surface area contributed by atoms with E-state index in [1.807, 2.05) is 0 Å². The van der Waals surface area contributed by atoms with E-state index in [1.165, 1.54) is 6.42 Å². The Morgan fingerprint density at radius 3 is 1.96 bits per heavy atom. The Morgan fingerprint density at radius 1 is 1.13 bits per heavy atom. The summed E-state index contributed by atoms with van der Waals surface area (Å²) in [6.07, 6.45) is 3.48.